The normalized spacial score (nSPS) is 26.5. The molecule has 4 nitrogen and oxygen atoms in total. The molecule has 1 fully saturated rings. The lowest BCUT2D eigenvalue weighted by Crippen LogP contribution is -2.45. The molecule has 176 valence electrons. The number of hydrogen-bond acceptors (Lipinski definition) is 4. The van der Waals surface area contributed by atoms with E-state index in [0.29, 0.717) is 18.6 Å². The zero-order valence-corrected chi connectivity index (χ0v) is 20.9. The minimum atomic E-state index is -0.916. The van der Waals surface area contributed by atoms with Gasteiger partial charge in [0.2, 0.25) is 0 Å². The van der Waals surface area contributed by atoms with Gasteiger partial charge in [-0.05, 0) is 88.5 Å². The molecule has 0 aromatic heterocycles. The molecule has 1 aromatic rings. The van der Waals surface area contributed by atoms with Crippen LogP contribution in [0.15, 0.2) is 34.9 Å². The first-order valence-electron chi connectivity index (χ1n) is 11.8. The van der Waals surface area contributed by atoms with E-state index in [-0.39, 0.29) is 16.6 Å². The third kappa shape index (κ3) is 4.66. The second-order valence-electron chi connectivity index (χ2n) is 11.2. The number of carbonyl (C=O) groups excluding carboxylic acids is 1. The molecule has 0 amide bonds. The van der Waals surface area contributed by atoms with Crippen LogP contribution in [0.1, 0.15) is 84.3 Å². The molecule has 0 spiro atoms. The zero-order valence-electron chi connectivity index (χ0n) is 20.9. The van der Waals surface area contributed by atoms with Gasteiger partial charge in [-0.1, -0.05) is 37.5 Å². The van der Waals surface area contributed by atoms with Gasteiger partial charge in [0.15, 0.2) is 5.78 Å². The first kappa shape index (κ1) is 24.6. The van der Waals surface area contributed by atoms with Crippen molar-refractivity contribution < 1.29 is 19.7 Å². The Bertz CT molecular complexity index is 962. The van der Waals surface area contributed by atoms with E-state index in [1.54, 1.807) is 21.0 Å². The van der Waals surface area contributed by atoms with Crippen LogP contribution >= 0.6 is 0 Å². The molecule has 32 heavy (non-hydrogen) atoms. The van der Waals surface area contributed by atoms with Crippen LogP contribution in [0.5, 0.6) is 11.5 Å². The Morgan fingerprint density at radius 1 is 1.25 bits per heavy atom. The second-order valence-corrected chi connectivity index (χ2v) is 11.2. The summed E-state index contributed by atoms with van der Waals surface area (Å²) in [5.74, 6) is 1.29. The Morgan fingerprint density at radius 3 is 2.56 bits per heavy atom. The number of aryl methyl sites for hydroxylation is 1. The standard InChI is InChI=1S/C28H40O4/c1-18(9-10-20-15-22(32-7)14-19(2)24(20)29)13-21-16-27(5)11-8-12-28(27,6)25(30)23(21)17-26(3,4)31/h9,14-15,29,31H,8,10-13,16-17H2,1-7H3/t27-,28+/m1/s1. The molecule has 0 aliphatic heterocycles. The third-order valence-electron chi connectivity index (χ3n) is 7.90. The van der Waals surface area contributed by atoms with Crippen LogP contribution < -0.4 is 4.74 Å². The molecular formula is C28H40O4. The maximum Gasteiger partial charge on any atom is 0.165 e. The maximum absolute atomic E-state index is 13.7. The SMILES string of the molecule is COc1cc(C)c(O)c(CC=C(C)CC2=C(CC(C)(C)O)C(=O)[C@]3(C)CCC[C@]3(C)C2)c1. The van der Waals surface area contributed by atoms with Crippen molar-refractivity contribution in [3.05, 3.63) is 46.1 Å². The second kappa shape index (κ2) is 8.70. The number of benzene rings is 1. The zero-order chi connectivity index (χ0) is 23.9. The van der Waals surface area contributed by atoms with Crippen molar-refractivity contribution in [2.24, 2.45) is 10.8 Å². The van der Waals surface area contributed by atoms with Crippen LogP contribution in [-0.2, 0) is 11.2 Å². The number of rotatable bonds is 7. The molecule has 0 heterocycles. The van der Waals surface area contributed by atoms with E-state index < -0.39 is 5.60 Å². The summed E-state index contributed by atoms with van der Waals surface area (Å²) in [5.41, 5.74) is 3.58. The van der Waals surface area contributed by atoms with Gasteiger partial charge in [0.1, 0.15) is 11.5 Å². The average molecular weight is 441 g/mol. The fourth-order valence-electron chi connectivity index (χ4n) is 5.74. The molecule has 0 saturated heterocycles. The van der Waals surface area contributed by atoms with Crippen LogP contribution in [0.2, 0.25) is 0 Å². The smallest absolute Gasteiger partial charge is 0.165 e. The van der Waals surface area contributed by atoms with Crippen molar-refractivity contribution in [2.45, 2.75) is 92.1 Å². The van der Waals surface area contributed by atoms with Crippen LogP contribution in [0.4, 0.5) is 0 Å². The molecule has 3 rings (SSSR count). The van der Waals surface area contributed by atoms with E-state index in [0.717, 1.165) is 54.6 Å². The summed E-state index contributed by atoms with van der Waals surface area (Å²) >= 11 is 0. The summed E-state index contributed by atoms with van der Waals surface area (Å²) < 4.78 is 5.35. The summed E-state index contributed by atoms with van der Waals surface area (Å²) in [6.07, 6.45) is 7.89. The van der Waals surface area contributed by atoms with Gasteiger partial charge < -0.3 is 14.9 Å². The van der Waals surface area contributed by atoms with Crippen molar-refractivity contribution >= 4 is 5.78 Å². The van der Waals surface area contributed by atoms with Crippen LogP contribution in [0.25, 0.3) is 0 Å². The Labute approximate surface area is 193 Å². The minimum absolute atomic E-state index is 0.00896. The lowest BCUT2D eigenvalue weighted by Gasteiger charge is -2.46. The molecule has 2 atom stereocenters. The van der Waals surface area contributed by atoms with E-state index in [4.69, 9.17) is 4.74 Å². The number of aliphatic hydroxyl groups is 1. The van der Waals surface area contributed by atoms with Gasteiger partial charge in [-0.3, -0.25) is 4.79 Å². The number of aromatic hydroxyl groups is 1. The largest absolute Gasteiger partial charge is 0.507 e. The van der Waals surface area contributed by atoms with Gasteiger partial charge in [-0.25, -0.2) is 0 Å². The highest BCUT2D eigenvalue weighted by molar-refractivity contribution is 6.02. The lowest BCUT2D eigenvalue weighted by molar-refractivity contribution is -0.131. The number of hydrogen-bond donors (Lipinski definition) is 2. The first-order chi connectivity index (χ1) is 14.8. The number of fused-ring (bicyclic) bond motifs is 1. The van der Waals surface area contributed by atoms with Crippen molar-refractivity contribution in [3.8, 4) is 11.5 Å². The number of carbonyl (C=O) groups is 1. The number of ketones is 1. The Balaban J connectivity index is 1.91. The predicted molar refractivity (Wildman–Crippen MR) is 129 cm³/mol. The van der Waals surface area contributed by atoms with Crippen molar-refractivity contribution in [3.63, 3.8) is 0 Å². The summed E-state index contributed by atoms with van der Waals surface area (Å²) in [6, 6.07) is 3.70. The van der Waals surface area contributed by atoms with Gasteiger partial charge in [0, 0.05) is 17.4 Å². The Morgan fingerprint density at radius 2 is 1.94 bits per heavy atom. The van der Waals surface area contributed by atoms with E-state index in [9.17, 15) is 15.0 Å². The first-order valence-corrected chi connectivity index (χ1v) is 11.8. The monoisotopic (exact) mass is 440 g/mol. The van der Waals surface area contributed by atoms with Crippen LogP contribution in [0.3, 0.4) is 0 Å². The molecule has 1 saturated carbocycles. The van der Waals surface area contributed by atoms with E-state index >= 15 is 0 Å². The van der Waals surface area contributed by atoms with Crippen LogP contribution in [-0.4, -0.2) is 28.7 Å². The number of ether oxygens (including phenoxy) is 1. The van der Waals surface area contributed by atoms with Crippen molar-refractivity contribution in [1.82, 2.24) is 0 Å². The number of methoxy groups -OCH3 is 1. The van der Waals surface area contributed by atoms with Gasteiger partial charge in [0.05, 0.1) is 12.7 Å². The summed E-state index contributed by atoms with van der Waals surface area (Å²) in [6.45, 7) is 11.9. The topological polar surface area (TPSA) is 66.8 Å². The maximum atomic E-state index is 13.7. The minimum Gasteiger partial charge on any atom is -0.507 e. The van der Waals surface area contributed by atoms with Gasteiger partial charge >= 0.3 is 0 Å². The highest BCUT2D eigenvalue weighted by atomic mass is 16.5. The third-order valence-corrected chi connectivity index (χ3v) is 7.90. The Kier molecular flexibility index (Phi) is 6.68. The number of Topliss-reactive ketones (excluding diaryl/α,β-unsaturated/α-hetero) is 1. The highest BCUT2D eigenvalue weighted by Crippen LogP contribution is 2.61. The molecule has 4 heteroatoms. The molecular weight excluding hydrogens is 400 g/mol. The lowest BCUT2D eigenvalue weighted by atomic mass is 9.56. The molecule has 2 aliphatic carbocycles. The highest BCUT2D eigenvalue weighted by Gasteiger charge is 2.56. The fourth-order valence-corrected chi connectivity index (χ4v) is 5.74. The molecule has 0 unspecified atom stereocenters. The van der Waals surface area contributed by atoms with E-state index in [1.165, 1.54) is 11.1 Å². The van der Waals surface area contributed by atoms with Gasteiger partial charge in [-0.15, -0.1) is 0 Å². The van der Waals surface area contributed by atoms with Crippen LogP contribution in [0, 0.1) is 17.8 Å². The number of phenols is 1. The molecule has 0 bridgehead atoms. The number of phenolic OH excluding ortho intramolecular Hbond substituents is 1. The molecule has 2 aliphatic rings. The van der Waals surface area contributed by atoms with E-state index in [2.05, 4.69) is 26.8 Å². The number of allylic oxidation sites excluding steroid dienone is 3. The van der Waals surface area contributed by atoms with Gasteiger partial charge in [0.25, 0.3) is 0 Å². The quantitative estimate of drug-likeness (QED) is 0.494. The fraction of sp³-hybridized carbons (Fsp3) is 0.607. The Hall–Kier alpha value is -2.07. The average Bonchev–Trinajstić information content (AvgIpc) is 3.00. The molecule has 2 N–H and O–H groups in total. The van der Waals surface area contributed by atoms with Gasteiger partial charge in [-0.2, -0.15) is 0 Å². The summed E-state index contributed by atoms with van der Waals surface area (Å²) in [5, 5.41) is 21.0. The summed E-state index contributed by atoms with van der Waals surface area (Å²) in [7, 11) is 1.63. The van der Waals surface area contributed by atoms with Crippen molar-refractivity contribution in [1.29, 1.82) is 0 Å². The predicted octanol–water partition coefficient (Wildman–Crippen LogP) is 6.22. The van der Waals surface area contributed by atoms with Crippen molar-refractivity contribution in [2.75, 3.05) is 7.11 Å². The molecule has 0 radical (unpaired) electrons. The summed E-state index contributed by atoms with van der Waals surface area (Å²) in [4.78, 5) is 13.7. The molecule has 1 aromatic carbocycles. The van der Waals surface area contributed by atoms with E-state index in [1.807, 2.05) is 19.1 Å².